The molecule has 1 heterocycles. The summed E-state index contributed by atoms with van der Waals surface area (Å²) in [5, 5.41) is 8.86. The molecule has 0 aliphatic heterocycles. The predicted octanol–water partition coefficient (Wildman–Crippen LogP) is 4.26. The molecule has 98 valence electrons. The van der Waals surface area contributed by atoms with Crippen LogP contribution in [0.4, 0.5) is 4.39 Å². The molecule has 0 aliphatic rings. The second-order valence-corrected chi connectivity index (χ2v) is 4.58. The molecule has 20 heavy (non-hydrogen) atoms. The first kappa shape index (κ1) is 12.4. The van der Waals surface area contributed by atoms with Crippen LogP contribution in [0.5, 0.6) is 0 Å². The number of halogens is 1. The Hall–Kier alpha value is -2.67. The van der Waals surface area contributed by atoms with Crippen molar-refractivity contribution >= 4 is 11.1 Å². The molecule has 0 amide bonds. The fourth-order valence-corrected chi connectivity index (χ4v) is 2.04. The number of hydrogen-bond acceptors (Lipinski definition) is 3. The van der Waals surface area contributed by atoms with E-state index in [0.717, 1.165) is 0 Å². The molecule has 4 heteroatoms. The van der Waals surface area contributed by atoms with Gasteiger partial charge in [0.25, 0.3) is 0 Å². The molecule has 0 bridgehead atoms. The summed E-state index contributed by atoms with van der Waals surface area (Å²) < 4.78 is 19.7. The van der Waals surface area contributed by atoms with Crippen molar-refractivity contribution in [1.82, 2.24) is 4.98 Å². The first-order valence-corrected chi connectivity index (χ1v) is 6.24. The first-order valence-electron chi connectivity index (χ1n) is 6.24. The van der Waals surface area contributed by atoms with Gasteiger partial charge in [-0.3, -0.25) is 0 Å². The molecule has 0 spiro atoms. The standard InChI is InChI=1S/C16H11FN2O/c1-10(9-18)11-6-7-12(13(17)8-11)16-19-14-4-2-3-5-15(14)20-16/h2-8,10H,1H3. The number of fused-ring (bicyclic) bond motifs is 1. The third-order valence-corrected chi connectivity index (χ3v) is 3.21. The summed E-state index contributed by atoms with van der Waals surface area (Å²) in [6.45, 7) is 1.73. The van der Waals surface area contributed by atoms with Crippen molar-refractivity contribution in [2.45, 2.75) is 12.8 Å². The molecule has 3 rings (SSSR count). The molecule has 3 nitrogen and oxygen atoms in total. The van der Waals surface area contributed by atoms with E-state index < -0.39 is 5.82 Å². The van der Waals surface area contributed by atoms with Crippen LogP contribution in [0, 0.1) is 17.1 Å². The highest BCUT2D eigenvalue weighted by Crippen LogP contribution is 2.28. The van der Waals surface area contributed by atoms with Gasteiger partial charge in [0.2, 0.25) is 5.89 Å². The zero-order chi connectivity index (χ0) is 14.1. The van der Waals surface area contributed by atoms with Crippen LogP contribution in [-0.2, 0) is 0 Å². The van der Waals surface area contributed by atoms with Crippen LogP contribution in [0.3, 0.4) is 0 Å². The number of hydrogen-bond donors (Lipinski definition) is 0. The lowest BCUT2D eigenvalue weighted by Crippen LogP contribution is -1.92. The fourth-order valence-electron chi connectivity index (χ4n) is 2.04. The number of benzene rings is 2. The topological polar surface area (TPSA) is 49.8 Å². The van der Waals surface area contributed by atoms with Crippen LogP contribution in [0.1, 0.15) is 18.4 Å². The molecule has 0 saturated carbocycles. The highest BCUT2D eigenvalue weighted by Gasteiger charge is 2.14. The zero-order valence-corrected chi connectivity index (χ0v) is 10.8. The molecule has 0 fully saturated rings. The van der Waals surface area contributed by atoms with Gasteiger partial charge in [-0.2, -0.15) is 5.26 Å². The van der Waals surface area contributed by atoms with E-state index in [2.05, 4.69) is 11.1 Å². The SMILES string of the molecule is CC(C#N)c1ccc(-c2nc3ccccc3o2)c(F)c1. The van der Waals surface area contributed by atoms with Crippen molar-refractivity contribution in [3.05, 3.63) is 53.8 Å². The molecule has 0 saturated heterocycles. The fraction of sp³-hybridized carbons (Fsp3) is 0.125. The van der Waals surface area contributed by atoms with E-state index in [1.165, 1.54) is 6.07 Å². The molecule has 1 aromatic heterocycles. The Balaban J connectivity index is 2.08. The van der Waals surface area contributed by atoms with Gasteiger partial charge in [0.05, 0.1) is 17.6 Å². The summed E-state index contributed by atoms with van der Waals surface area (Å²) in [7, 11) is 0. The zero-order valence-electron chi connectivity index (χ0n) is 10.8. The Kier molecular flexibility index (Phi) is 2.96. The van der Waals surface area contributed by atoms with Crippen molar-refractivity contribution in [1.29, 1.82) is 5.26 Å². The minimum Gasteiger partial charge on any atom is -0.436 e. The van der Waals surface area contributed by atoms with E-state index in [9.17, 15) is 4.39 Å². The van der Waals surface area contributed by atoms with Crippen LogP contribution in [0.2, 0.25) is 0 Å². The Morgan fingerprint density at radius 3 is 2.75 bits per heavy atom. The minimum absolute atomic E-state index is 0.250. The third-order valence-electron chi connectivity index (χ3n) is 3.21. The average Bonchev–Trinajstić information content (AvgIpc) is 2.89. The molecule has 2 aromatic carbocycles. The molecule has 0 N–H and O–H groups in total. The number of nitrogens with zero attached hydrogens (tertiary/aromatic N) is 2. The van der Waals surface area contributed by atoms with Crippen molar-refractivity contribution in [2.75, 3.05) is 0 Å². The summed E-state index contributed by atoms with van der Waals surface area (Å²) >= 11 is 0. The second kappa shape index (κ2) is 4.78. The van der Waals surface area contributed by atoms with Crippen LogP contribution in [0.15, 0.2) is 46.9 Å². The molecule has 1 atom stereocenters. The number of aromatic nitrogens is 1. The van der Waals surface area contributed by atoms with E-state index >= 15 is 0 Å². The van der Waals surface area contributed by atoms with Gasteiger partial charge in [0.15, 0.2) is 5.58 Å². The highest BCUT2D eigenvalue weighted by atomic mass is 19.1. The number of para-hydroxylation sites is 2. The Bertz CT molecular complexity index is 784. The van der Waals surface area contributed by atoms with Crippen molar-refractivity contribution in [2.24, 2.45) is 0 Å². The van der Waals surface area contributed by atoms with E-state index in [-0.39, 0.29) is 11.8 Å². The molecular formula is C16H11FN2O. The van der Waals surface area contributed by atoms with E-state index in [4.69, 9.17) is 9.68 Å². The lowest BCUT2D eigenvalue weighted by molar-refractivity contribution is 0.592. The Labute approximate surface area is 115 Å². The quantitative estimate of drug-likeness (QED) is 0.696. The summed E-state index contributed by atoms with van der Waals surface area (Å²) in [6.07, 6.45) is 0. The van der Waals surface area contributed by atoms with Crippen molar-refractivity contribution in [3.8, 4) is 17.5 Å². The normalized spacial score (nSPS) is 12.2. The van der Waals surface area contributed by atoms with E-state index in [1.807, 2.05) is 18.2 Å². The van der Waals surface area contributed by atoms with Gasteiger partial charge in [0.1, 0.15) is 11.3 Å². The molecule has 3 aromatic rings. The maximum absolute atomic E-state index is 14.2. The summed E-state index contributed by atoms with van der Waals surface area (Å²) in [4.78, 5) is 4.27. The van der Waals surface area contributed by atoms with Crippen LogP contribution < -0.4 is 0 Å². The Morgan fingerprint density at radius 2 is 2.05 bits per heavy atom. The van der Waals surface area contributed by atoms with E-state index in [0.29, 0.717) is 22.2 Å². The van der Waals surface area contributed by atoms with Gasteiger partial charge >= 0.3 is 0 Å². The van der Waals surface area contributed by atoms with Crippen molar-refractivity contribution < 1.29 is 8.81 Å². The van der Waals surface area contributed by atoms with Gasteiger partial charge < -0.3 is 4.42 Å². The van der Waals surface area contributed by atoms with Crippen LogP contribution in [-0.4, -0.2) is 4.98 Å². The van der Waals surface area contributed by atoms with Crippen LogP contribution >= 0.6 is 0 Å². The average molecular weight is 266 g/mol. The minimum atomic E-state index is -0.434. The molecular weight excluding hydrogens is 255 g/mol. The second-order valence-electron chi connectivity index (χ2n) is 4.58. The van der Waals surface area contributed by atoms with Crippen LogP contribution in [0.25, 0.3) is 22.6 Å². The molecule has 1 unspecified atom stereocenters. The first-order chi connectivity index (χ1) is 9.69. The van der Waals surface area contributed by atoms with Gasteiger partial charge in [0, 0.05) is 0 Å². The highest BCUT2D eigenvalue weighted by molar-refractivity contribution is 5.76. The van der Waals surface area contributed by atoms with E-state index in [1.54, 1.807) is 25.1 Å². The van der Waals surface area contributed by atoms with Gasteiger partial charge in [-0.15, -0.1) is 0 Å². The summed E-state index contributed by atoms with van der Waals surface area (Å²) in [5.74, 6) is -0.529. The number of rotatable bonds is 2. The third kappa shape index (κ3) is 2.04. The van der Waals surface area contributed by atoms with Crippen molar-refractivity contribution in [3.63, 3.8) is 0 Å². The Morgan fingerprint density at radius 1 is 1.25 bits per heavy atom. The lowest BCUT2D eigenvalue weighted by Gasteiger charge is -2.04. The predicted molar refractivity (Wildman–Crippen MR) is 73.4 cm³/mol. The molecule has 0 radical (unpaired) electrons. The largest absolute Gasteiger partial charge is 0.436 e. The number of oxazole rings is 1. The summed E-state index contributed by atoms with van der Waals surface area (Å²) in [5.41, 5.74) is 2.26. The number of nitriles is 1. The van der Waals surface area contributed by atoms with Gasteiger partial charge in [-0.1, -0.05) is 18.2 Å². The van der Waals surface area contributed by atoms with Gasteiger partial charge in [-0.25, -0.2) is 9.37 Å². The monoisotopic (exact) mass is 266 g/mol. The maximum atomic E-state index is 14.2. The summed E-state index contributed by atoms with van der Waals surface area (Å²) in [6, 6.07) is 14.1. The smallest absolute Gasteiger partial charge is 0.230 e. The van der Waals surface area contributed by atoms with Gasteiger partial charge in [-0.05, 0) is 36.8 Å². The lowest BCUT2D eigenvalue weighted by atomic mass is 10.0. The maximum Gasteiger partial charge on any atom is 0.230 e. The molecule has 0 aliphatic carbocycles.